The summed E-state index contributed by atoms with van der Waals surface area (Å²) in [5.41, 5.74) is 4.10. The van der Waals surface area contributed by atoms with E-state index in [2.05, 4.69) is 43.5 Å². The van der Waals surface area contributed by atoms with Crippen LogP contribution in [0.4, 0.5) is 5.82 Å². The van der Waals surface area contributed by atoms with E-state index < -0.39 is 0 Å². The van der Waals surface area contributed by atoms with E-state index in [0.717, 1.165) is 48.9 Å². The molecule has 0 unspecified atom stereocenters. The number of oxazole rings is 1. The van der Waals surface area contributed by atoms with E-state index in [1.165, 1.54) is 5.56 Å². The van der Waals surface area contributed by atoms with Gasteiger partial charge in [0.05, 0.1) is 25.5 Å². The van der Waals surface area contributed by atoms with Crippen LogP contribution in [-0.2, 0) is 17.8 Å². The molecule has 0 aliphatic carbocycles. The summed E-state index contributed by atoms with van der Waals surface area (Å²) >= 11 is 0. The number of nitrogens with one attached hydrogen (secondary N) is 2. The van der Waals surface area contributed by atoms with Crippen molar-refractivity contribution >= 4 is 11.8 Å². The van der Waals surface area contributed by atoms with Crippen LogP contribution in [-0.4, -0.2) is 49.3 Å². The lowest BCUT2D eigenvalue weighted by atomic mass is 10.1. The quantitative estimate of drug-likeness (QED) is 0.468. The van der Waals surface area contributed by atoms with Gasteiger partial charge in [0.2, 0.25) is 5.89 Å². The highest BCUT2D eigenvalue weighted by molar-refractivity contribution is 5.79. The molecule has 162 valence electrons. The third-order valence-electron chi connectivity index (χ3n) is 5.14. The average Bonchev–Trinajstić information content (AvgIpc) is 3.29. The molecule has 0 spiro atoms. The van der Waals surface area contributed by atoms with Crippen LogP contribution in [0.15, 0.2) is 58.3 Å². The molecule has 0 amide bonds. The number of benzene rings is 1. The second kappa shape index (κ2) is 10.1. The van der Waals surface area contributed by atoms with Crippen LogP contribution in [0.1, 0.15) is 16.8 Å². The van der Waals surface area contributed by atoms with E-state index in [1.54, 1.807) is 13.3 Å². The lowest BCUT2D eigenvalue weighted by Crippen LogP contribution is -2.39. The first-order valence-corrected chi connectivity index (χ1v) is 10.5. The first-order chi connectivity index (χ1) is 15.2. The molecule has 3 aromatic rings. The summed E-state index contributed by atoms with van der Waals surface area (Å²) < 4.78 is 11.1. The Bertz CT molecular complexity index is 1010. The molecule has 8 heteroatoms. The molecule has 0 atom stereocenters. The molecule has 1 saturated heterocycles. The fourth-order valence-corrected chi connectivity index (χ4v) is 3.42. The summed E-state index contributed by atoms with van der Waals surface area (Å²) in [5.74, 6) is 2.30. The Hall–Kier alpha value is -3.39. The van der Waals surface area contributed by atoms with Crippen molar-refractivity contribution in [3.8, 4) is 11.5 Å². The Morgan fingerprint density at radius 3 is 2.65 bits per heavy atom. The van der Waals surface area contributed by atoms with Gasteiger partial charge in [0.1, 0.15) is 12.1 Å². The van der Waals surface area contributed by atoms with E-state index >= 15 is 0 Å². The minimum absolute atomic E-state index is 0.512. The number of ether oxygens (including phenoxy) is 1. The van der Waals surface area contributed by atoms with E-state index in [0.29, 0.717) is 24.9 Å². The van der Waals surface area contributed by atoms with Crippen molar-refractivity contribution in [2.75, 3.05) is 38.3 Å². The maximum absolute atomic E-state index is 5.63. The van der Waals surface area contributed by atoms with Gasteiger partial charge in [0, 0.05) is 44.0 Å². The predicted octanol–water partition coefficient (Wildman–Crippen LogP) is 2.75. The largest absolute Gasteiger partial charge is 0.444 e. The summed E-state index contributed by atoms with van der Waals surface area (Å²) in [5, 5.41) is 6.65. The van der Waals surface area contributed by atoms with Gasteiger partial charge in [-0.25, -0.2) is 9.97 Å². The molecule has 8 nitrogen and oxygen atoms in total. The van der Waals surface area contributed by atoms with Crippen LogP contribution in [0.3, 0.4) is 0 Å². The molecule has 0 radical (unpaired) electrons. The normalized spacial score (nSPS) is 14.5. The van der Waals surface area contributed by atoms with E-state index in [9.17, 15) is 0 Å². The first kappa shape index (κ1) is 20.9. The zero-order valence-corrected chi connectivity index (χ0v) is 18.0. The molecule has 2 aromatic heterocycles. The second-order valence-electron chi connectivity index (χ2n) is 7.37. The van der Waals surface area contributed by atoms with Crippen LogP contribution in [0, 0.1) is 6.92 Å². The van der Waals surface area contributed by atoms with Gasteiger partial charge in [-0.15, -0.1) is 0 Å². The number of hydrogen-bond donors (Lipinski definition) is 2. The molecule has 1 aliphatic rings. The Morgan fingerprint density at radius 1 is 1.10 bits per heavy atom. The molecule has 1 fully saturated rings. The lowest BCUT2D eigenvalue weighted by molar-refractivity contribution is 0.122. The number of pyridine rings is 1. The molecule has 0 bridgehead atoms. The molecule has 1 aliphatic heterocycles. The van der Waals surface area contributed by atoms with Gasteiger partial charge < -0.3 is 24.7 Å². The number of guanidine groups is 1. The minimum atomic E-state index is 0.512. The van der Waals surface area contributed by atoms with Gasteiger partial charge in [-0.05, 0) is 25.1 Å². The second-order valence-corrected chi connectivity index (χ2v) is 7.37. The van der Waals surface area contributed by atoms with Crippen molar-refractivity contribution in [1.29, 1.82) is 0 Å². The summed E-state index contributed by atoms with van der Waals surface area (Å²) in [4.78, 5) is 15.7. The Balaban J connectivity index is 1.33. The van der Waals surface area contributed by atoms with Crippen molar-refractivity contribution in [3.63, 3.8) is 0 Å². The number of aromatic nitrogens is 2. The molecular formula is C23H28N6O2. The van der Waals surface area contributed by atoms with Gasteiger partial charge in [0.15, 0.2) is 5.96 Å². The van der Waals surface area contributed by atoms with Crippen LogP contribution in [0.2, 0.25) is 0 Å². The molecular weight excluding hydrogens is 392 g/mol. The Morgan fingerprint density at radius 2 is 1.87 bits per heavy atom. The fraction of sp³-hybridized carbons (Fsp3) is 0.348. The van der Waals surface area contributed by atoms with Gasteiger partial charge >= 0.3 is 0 Å². The number of aryl methyl sites for hydroxylation is 1. The maximum Gasteiger partial charge on any atom is 0.226 e. The topological polar surface area (TPSA) is 87.8 Å². The van der Waals surface area contributed by atoms with Crippen molar-refractivity contribution < 1.29 is 9.15 Å². The van der Waals surface area contributed by atoms with Crippen LogP contribution in [0.5, 0.6) is 0 Å². The van der Waals surface area contributed by atoms with Crippen molar-refractivity contribution in [3.05, 3.63) is 65.7 Å². The fourth-order valence-electron chi connectivity index (χ4n) is 3.42. The summed E-state index contributed by atoms with van der Waals surface area (Å²) in [7, 11) is 1.75. The van der Waals surface area contributed by atoms with Crippen molar-refractivity contribution in [2.24, 2.45) is 4.99 Å². The monoisotopic (exact) mass is 420 g/mol. The zero-order chi connectivity index (χ0) is 21.5. The van der Waals surface area contributed by atoms with Crippen LogP contribution < -0.4 is 15.5 Å². The van der Waals surface area contributed by atoms with Gasteiger partial charge in [-0.3, -0.25) is 4.99 Å². The number of anilines is 1. The number of rotatable bonds is 6. The first-order valence-electron chi connectivity index (χ1n) is 10.5. The van der Waals surface area contributed by atoms with Crippen LogP contribution in [0.25, 0.3) is 11.5 Å². The maximum atomic E-state index is 5.63. The van der Waals surface area contributed by atoms with E-state index in [-0.39, 0.29) is 0 Å². The lowest BCUT2D eigenvalue weighted by Gasteiger charge is -2.29. The highest BCUT2D eigenvalue weighted by Crippen LogP contribution is 2.19. The van der Waals surface area contributed by atoms with Gasteiger partial charge in [-0.2, -0.15) is 0 Å². The molecule has 31 heavy (non-hydrogen) atoms. The number of morpholine rings is 1. The number of aliphatic imine (C=N–C) groups is 1. The predicted molar refractivity (Wildman–Crippen MR) is 121 cm³/mol. The standard InChI is InChI=1S/C23H28N6O2/c1-17-5-7-18(8-6-17)22-28-20(16-31-22)15-27-23(24-2)26-14-19-4-3-9-25-21(19)29-10-12-30-13-11-29/h3-9,16H,10-15H2,1-2H3,(H2,24,26,27). The van der Waals surface area contributed by atoms with Crippen LogP contribution >= 0.6 is 0 Å². The molecule has 0 saturated carbocycles. The van der Waals surface area contributed by atoms with Gasteiger partial charge in [-0.1, -0.05) is 23.8 Å². The third-order valence-corrected chi connectivity index (χ3v) is 5.14. The molecule has 4 rings (SSSR count). The highest BCUT2D eigenvalue weighted by atomic mass is 16.5. The van der Waals surface area contributed by atoms with Crippen molar-refractivity contribution in [1.82, 2.24) is 20.6 Å². The highest BCUT2D eigenvalue weighted by Gasteiger charge is 2.16. The summed E-state index contributed by atoms with van der Waals surface area (Å²) in [6, 6.07) is 12.2. The number of nitrogens with zero attached hydrogens (tertiary/aromatic N) is 4. The molecule has 2 N–H and O–H groups in total. The average molecular weight is 421 g/mol. The summed E-state index contributed by atoms with van der Waals surface area (Å²) in [6.07, 6.45) is 3.50. The van der Waals surface area contributed by atoms with Gasteiger partial charge in [0.25, 0.3) is 0 Å². The molecule has 3 heterocycles. The van der Waals surface area contributed by atoms with E-state index in [4.69, 9.17) is 9.15 Å². The van der Waals surface area contributed by atoms with E-state index in [1.807, 2.05) is 36.5 Å². The molecule has 1 aromatic carbocycles. The Kier molecular flexibility index (Phi) is 6.78. The van der Waals surface area contributed by atoms with Crippen molar-refractivity contribution in [2.45, 2.75) is 20.0 Å². The number of hydrogen-bond acceptors (Lipinski definition) is 6. The zero-order valence-electron chi connectivity index (χ0n) is 18.0. The minimum Gasteiger partial charge on any atom is -0.444 e. The summed E-state index contributed by atoms with van der Waals surface area (Å²) in [6.45, 7) is 6.36. The Labute approximate surface area is 182 Å². The smallest absolute Gasteiger partial charge is 0.226 e. The SMILES string of the molecule is CN=C(NCc1coc(-c2ccc(C)cc2)n1)NCc1cccnc1N1CCOCC1. The third kappa shape index (κ3) is 5.40.